The molecule has 5 aliphatic carbocycles. The summed E-state index contributed by atoms with van der Waals surface area (Å²) >= 11 is 0. The van der Waals surface area contributed by atoms with E-state index in [1.54, 1.807) is 37.2 Å². The fourth-order valence-corrected chi connectivity index (χ4v) is 14.2. The summed E-state index contributed by atoms with van der Waals surface area (Å²) in [5.74, 6) is 3.59. The number of benzene rings is 6. The van der Waals surface area contributed by atoms with Crippen molar-refractivity contribution < 1.29 is 13.9 Å². The molecule has 1 saturated carbocycles. The van der Waals surface area contributed by atoms with Gasteiger partial charge in [0.05, 0.1) is 20.5 Å². The molecule has 5 aliphatic rings. The quantitative estimate of drug-likeness (QED) is 0.134. The molecule has 82 heavy (non-hydrogen) atoms. The van der Waals surface area contributed by atoms with Crippen LogP contribution in [-0.2, 0) is 51.4 Å². The maximum atomic E-state index is 5.71. The Morgan fingerprint density at radius 2 is 0.988 bits per heavy atom. The molecule has 0 radical (unpaired) electrons. The number of furan rings is 1. The van der Waals surface area contributed by atoms with Crippen LogP contribution in [0.2, 0.25) is 0 Å². The second-order valence-electron chi connectivity index (χ2n) is 24.7. The van der Waals surface area contributed by atoms with E-state index in [1.807, 2.05) is 24.5 Å². The fraction of sp³-hybridized carbons (Fsp3) is 0.419. The lowest BCUT2D eigenvalue weighted by molar-refractivity contribution is 0.263. The van der Waals surface area contributed by atoms with Gasteiger partial charge in [0.25, 0.3) is 0 Å². The van der Waals surface area contributed by atoms with Gasteiger partial charge in [-0.25, -0.2) is 0 Å². The highest BCUT2D eigenvalue weighted by Crippen LogP contribution is 2.45. The first-order valence-corrected chi connectivity index (χ1v) is 30.6. The smallest absolute Gasteiger partial charge is 0.164 e. The molecule has 430 valence electrons. The van der Waals surface area contributed by atoms with Gasteiger partial charge in [0.1, 0.15) is 5.76 Å². The lowest BCUT2D eigenvalue weighted by Crippen LogP contribution is -2.34. The molecule has 0 aliphatic heterocycles. The molecule has 0 N–H and O–H groups in total. The first kappa shape index (κ1) is 58.6. The van der Waals surface area contributed by atoms with Gasteiger partial charge < -0.3 is 33.5 Å². The second kappa shape index (κ2) is 27.2. The van der Waals surface area contributed by atoms with Gasteiger partial charge in [-0.15, -0.1) is 0 Å². The third-order valence-corrected chi connectivity index (χ3v) is 19.0. The molecule has 2 heterocycles. The zero-order valence-corrected chi connectivity index (χ0v) is 51.0. The van der Waals surface area contributed by atoms with Crippen LogP contribution in [0.5, 0.6) is 11.5 Å². The molecule has 8 nitrogen and oxygen atoms in total. The van der Waals surface area contributed by atoms with Gasteiger partial charge in [0.15, 0.2) is 11.5 Å². The summed E-state index contributed by atoms with van der Waals surface area (Å²) in [5.41, 5.74) is 20.3. The number of hydrogen-bond donors (Lipinski definition) is 0. The van der Waals surface area contributed by atoms with Crippen molar-refractivity contribution >= 4 is 10.8 Å². The largest absolute Gasteiger partial charge is 0.493 e. The van der Waals surface area contributed by atoms with Crippen molar-refractivity contribution in [2.75, 3.05) is 70.6 Å². The Hall–Kier alpha value is -6.55. The minimum atomic E-state index is 0.548. The number of pyridine rings is 1. The van der Waals surface area contributed by atoms with E-state index in [0.717, 1.165) is 67.7 Å². The summed E-state index contributed by atoms with van der Waals surface area (Å²) in [7, 11) is 20.9. The summed E-state index contributed by atoms with van der Waals surface area (Å²) in [6.45, 7) is 0. The Morgan fingerprint density at radius 1 is 0.451 bits per heavy atom. The molecule has 0 spiro atoms. The van der Waals surface area contributed by atoms with E-state index in [-0.39, 0.29) is 0 Å². The van der Waals surface area contributed by atoms with Crippen LogP contribution in [0.1, 0.15) is 107 Å². The molecule has 4 unspecified atom stereocenters. The average Bonchev–Trinajstić information content (AvgIpc) is 4.27. The van der Waals surface area contributed by atoms with E-state index in [0.29, 0.717) is 18.1 Å². The molecular formula is C74H91N5O3. The summed E-state index contributed by atoms with van der Waals surface area (Å²) in [6.07, 6.45) is 25.5. The lowest BCUT2D eigenvalue weighted by atomic mass is 9.81. The van der Waals surface area contributed by atoms with Crippen molar-refractivity contribution in [3.8, 4) is 45.1 Å². The summed E-state index contributed by atoms with van der Waals surface area (Å²) in [6, 6.07) is 48.4. The maximum Gasteiger partial charge on any atom is 0.164 e. The summed E-state index contributed by atoms with van der Waals surface area (Å²) in [5, 5.41) is 2.51. The predicted octanol–water partition coefficient (Wildman–Crippen LogP) is 15.2. The molecule has 2 aromatic heterocycles. The maximum absolute atomic E-state index is 5.71. The summed E-state index contributed by atoms with van der Waals surface area (Å²) < 4.78 is 16.9. The molecule has 1 fully saturated rings. The van der Waals surface area contributed by atoms with Gasteiger partial charge in [0, 0.05) is 53.1 Å². The van der Waals surface area contributed by atoms with E-state index in [2.05, 4.69) is 196 Å². The molecule has 0 saturated heterocycles. The first-order valence-electron chi connectivity index (χ1n) is 30.6. The third-order valence-electron chi connectivity index (χ3n) is 19.0. The van der Waals surface area contributed by atoms with E-state index >= 15 is 0 Å². The first-order chi connectivity index (χ1) is 39.9. The van der Waals surface area contributed by atoms with Crippen LogP contribution in [0, 0.1) is 0 Å². The van der Waals surface area contributed by atoms with Crippen molar-refractivity contribution in [1.29, 1.82) is 0 Å². The van der Waals surface area contributed by atoms with Crippen LogP contribution in [0.15, 0.2) is 150 Å². The Labute approximate surface area is 491 Å². The normalized spacial score (nSPS) is 19.2. The highest BCUT2D eigenvalue weighted by Gasteiger charge is 2.30. The van der Waals surface area contributed by atoms with Crippen LogP contribution >= 0.6 is 0 Å². The van der Waals surface area contributed by atoms with Crippen molar-refractivity contribution in [2.24, 2.45) is 0 Å². The topological polar surface area (TPSA) is 57.5 Å². The Balaban J connectivity index is 0.000000123. The number of nitrogens with zero attached hydrogens (tertiary/aromatic N) is 5. The zero-order valence-electron chi connectivity index (χ0n) is 51.0. The molecule has 0 bridgehead atoms. The standard InChI is InChI=1S/C21H22N2.C20H25NO2.C17H25N.C16H19NO/c1-23(2)17-9-10-18-15(13-17)5-3-7-20(18)21-8-4-6-16-14-22-12-11-19(16)21;1-21(2)15-10-11-16-17(14-8-6-5-7-9-14)13-19(22-3)20(23-4)18(16)12-15;1-18(2)15-10-11-17-14(12-15)8-5-9-16(17)13-6-3-4-7-13;1-17(2)13-8-9-14-12(11-13)5-3-6-15(14)16-7-4-10-18-16/h3-8,11-12,14,17H,9-10,13H2,1-2H3;5-9,13,15H,10-12H2,1-4H3;5,8-9,13,15H,3-4,6-7,10-12H2,1-2H3;3-7,10,13H,8-9,11H2,1-2H3. The number of ether oxygens (including phenoxy) is 2. The van der Waals surface area contributed by atoms with E-state index in [1.165, 1.54) is 136 Å². The van der Waals surface area contributed by atoms with Crippen molar-refractivity contribution in [3.63, 3.8) is 0 Å². The Bertz CT molecular complexity index is 3350. The lowest BCUT2D eigenvalue weighted by Gasteiger charge is -2.32. The highest BCUT2D eigenvalue weighted by molar-refractivity contribution is 5.97. The van der Waals surface area contributed by atoms with Crippen molar-refractivity contribution in [3.05, 3.63) is 196 Å². The minimum absolute atomic E-state index is 0.548. The van der Waals surface area contributed by atoms with Crippen LogP contribution in [0.25, 0.3) is 44.3 Å². The molecule has 0 amide bonds. The van der Waals surface area contributed by atoms with Crippen LogP contribution in [0.3, 0.4) is 0 Å². The molecule has 8 heteroatoms. The Kier molecular flexibility index (Phi) is 19.5. The highest BCUT2D eigenvalue weighted by atomic mass is 16.5. The molecule has 6 aromatic carbocycles. The molecule has 8 aromatic rings. The Morgan fingerprint density at radius 3 is 1.57 bits per heavy atom. The van der Waals surface area contributed by atoms with Crippen LogP contribution < -0.4 is 9.47 Å². The minimum Gasteiger partial charge on any atom is -0.493 e. The molecule has 4 atom stereocenters. The van der Waals surface area contributed by atoms with Crippen LogP contribution in [-0.4, -0.2) is 119 Å². The van der Waals surface area contributed by atoms with Gasteiger partial charge in [-0.1, -0.05) is 116 Å². The van der Waals surface area contributed by atoms with Gasteiger partial charge in [-0.05, 0) is 249 Å². The average molecular weight is 1100 g/mol. The number of methoxy groups -OCH3 is 2. The van der Waals surface area contributed by atoms with Crippen molar-refractivity contribution in [2.45, 2.75) is 133 Å². The van der Waals surface area contributed by atoms with Gasteiger partial charge in [-0.3, -0.25) is 4.98 Å². The zero-order chi connectivity index (χ0) is 57.3. The number of likely N-dealkylation sites (N-methyl/N-ethyl adjacent to an activating group) is 4. The fourth-order valence-electron chi connectivity index (χ4n) is 14.2. The van der Waals surface area contributed by atoms with Crippen molar-refractivity contribution in [1.82, 2.24) is 24.6 Å². The number of aromatic nitrogens is 1. The van der Waals surface area contributed by atoms with E-state index < -0.39 is 0 Å². The van der Waals surface area contributed by atoms with Gasteiger partial charge in [0.2, 0.25) is 0 Å². The van der Waals surface area contributed by atoms with Gasteiger partial charge in [-0.2, -0.15) is 0 Å². The van der Waals surface area contributed by atoms with E-state index in [4.69, 9.17) is 13.9 Å². The number of hydrogen-bond acceptors (Lipinski definition) is 8. The predicted molar refractivity (Wildman–Crippen MR) is 342 cm³/mol. The third kappa shape index (κ3) is 13.3. The number of rotatable bonds is 10. The van der Waals surface area contributed by atoms with Crippen LogP contribution in [0.4, 0.5) is 0 Å². The summed E-state index contributed by atoms with van der Waals surface area (Å²) in [4.78, 5) is 13.7. The second-order valence-corrected chi connectivity index (χ2v) is 24.7. The van der Waals surface area contributed by atoms with E-state index in [9.17, 15) is 0 Å². The monoisotopic (exact) mass is 1100 g/mol. The molecule has 13 rings (SSSR count). The molecular weight excluding hydrogens is 1010 g/mol. The SMILES string of the molecule is CN(C)C1CCc2c(cccc2-c2cccc3cnccc23)C1.CN(C)C1CCc2c(cccc2-c2ccco2)C1.CN(C)C1CCc2c(cccc2C2CCCC2)C1.COc1cc(-c2ccccc2)c2c(c1OC)CC(N(C)C)CC2. The number of fused-ring (bicyclic) bond motifs is 5. The van der Waals surface area contributed by atoms with Gasteiger partial charge >= 0.3 is 0 Å².